The molecule has 3 aromatic rings. The van der Waals surface area contributed by atoms with Crippen LogP contribution >= 0.6 is 0 Å². The lowest BCUT2D eigenvalue weighted by atomic mass is 10.1. The summed E-state index contributed by atoms with van der Waals surface area (Å²) >= 11 is 0. The molecule has 1 N–H and O–H groups in total. The molecule has 1 saturated heterocycles. The molecule has 0 bridgehead atoms. The van der Waals surface area contributed by atoms with Crippen LogP contribution in [0.15, 0.2) is 43.2 Å². The second kappa shape index (κ2) is 6.78. The van der Waals surface area contributed by atoms with Crippen molar-refractivity contribution in [2.45, 2.75) is 32.0 Å². The lowest BCUT2D eigenvalue weighted by molar-refractivity contribution is 0.0893. The third-order valence-electron chi connectivity index (χ3n) is 4.70. The highest BCUT2D eigenvalue weighted by Gasteiger charge is 2.31. The normalized spacial score (nSPS) is 20.2. The fourth-order valence-electron chi connectivity index (χ4n) is 3.37. The summed E-state index contributed by atoms with van der Waals surface area (Å²) in [4.78, 5) is 8.45. The molecule has 7 nitrogen and oxygen atoms in total. The van der Waals surface area contributed by atoms with Gasteiger partial charge in [-0.3, -0.25) is 0 Å². The van der Waals surface area contributed by atoms with Crippen LogP contribution in [0.2, 0.25) is 0 Å². The first-order valence-electron chi connectivity index (χ1n) is 8.49. The van der Waals surface area contributed by atoms with E-state index >= 15 is 0 Å². The highest BCUT2D eigenvalue weighted by atomic mass is 16.5. The summed E-state index contributed by atoms with van der Waals surface area (Å²) in [7, 11) is 2.01. The van der Waals surface area contributed by atoms with E-state index in [1.165, 1.54) is 11.1 Å². The van der Waals surface area contributed by atoms with Crippen molar-refractivity contribution < 1.29 is 4.74 Å². The number of nitrogens with zero attached hydrogens (tertiary/aromatic N) is 5. The topological polar surface area (TPSA) is 69.8 Å². The smallest absolute Gasteiger partial charge is 0.139 e. The molecule has 130 valence electrons. The average molecular weight is 338 g/mol. The highest BCUT2D eigenvalue weighted by Crippen LogP contribution is 2.28. The van der Waals surface area contributed by atoms with Crippen LogP contribution in [0.1, 0.15) is 29.5 Å². The van der Waals surface area contributed by atoms with Crippen LogP contribution in [0.4, 0.5) is 0 Å². The molecule has 7 heteroatoms. The monoisotopic (exact) mass is 338 g/mol. The Morgan fingerprint density at radius 1 is 1.36 bits per heavy atom. The number of benzene rings is 1. The Labute approximate surface area is 146 Å². The van der Waals surface area contributed by atoms with Gasteiger partial charge in [-0.05, 0) is 30.5 Å². The third kappa shape index (κ3) is 3.20. The zero-order valence-electron chi connectivity index (χ0n) is 14.5. The van der Waals surface area contributed by atoms with E-state index in [1.807, 2.05) is 24.0 Å². The molecule has 25 heavy (non-hydrogen) atoms. The number of hydrogen-bond acceptors (Lipinski definition) is 5. The summed E-state index contributed by atoms with van der Waals surface area (Å²) in [6.45, 7) is 3.66. The van der Waals surface area contributed by atoms with E-state index in [-0.39, 0.29) is 12.1 Å². The van der Waals surface area contributed by atoms with Crippen LogP contribution in [0.25, 0.3) is 5.69 Å². The van der Waals surface area contributed by atoms with Crippen LogP contribution in [-0.2, 0) is 18.3 Å². The molecule has 0 aliphatic carbocycles. The molecule has 0 spiro atoms. The second-order valence-electron chi connectivity index (χ2n) is 6.42. The maximum atomic E-state index is 5.91. The van der Waals surface area contributed by atoms with Gasteiger partial charge in [-0.15, -0.1) is 0 Å². The first-order chi connectivity index (χ1) is 12.2. The maximum absolute atomic E-state index is 5.91. The van der Waals surface area contributed by atoms with Gasteiger partial charge in [0.25, 0.3) is 0 Å². The predicted octanol–water partition coefficient (Wildman–Crippen LogP) is 1.93. The minimum atomic E-state index is 0.00974. The standard InChI is InChI=1S/C18H22N6O/c1-13-9-14(3-4-16(13)24-12-19-11-22-24)10-21-15-5-8-25-17(15)18-20-6-7-23(18)2/h3-4,6-7,9,11-12,15,17,21H,5,8,10H2,1-2H3/t15-,17-/m0/s1. The van der Waals surface area contributed by atoms with E-state index in [1.54, 1.807) is 17.3 Å². The van der Waals surface area contributed by atoms with Crippen LogP contribution in [0, 0.1) is 6.92 Å². The molecule has 0 radical (unpaired) electrons. The predicted molar refractivity (Wildman–Crippen MR) is 93.2 cm³/mol. The van der Waals surface area contributed by atoms with Gasteiger partial charge in [0, 0.05) is 38.6 Å². The quantitative estimate of drug-likeness (QED) is 0.770. The summed E-state index contributed by atoms with van der Waals surface area (Å²) in [5.74, 6) is 0.979. The van der Waals surface area contributed by atoms with Crippen LogP contribution < -0.4 is 5.32 Å². The summed E-state index contributed by atoms with van der Waals surface area (Å²) in [6, 6.07) is 6.68. The Balaban J connectivity index is 1.44. The van der Waals surface area contributed by atoms with Gasteiger partial charge in [0.1, 0.15) is 24.6 Å². The van der Waals surface area contributed by atoms with E-state index < -0.39 is 0 Å². The van der Waals surface area contributed by atoms with E-state index in [2.05, 4.69) is 45.5 Å². The molecule has 1 aromatic carbocycles. The average Bonchev–Trinajstić information content (AvgIpc) is 3.34. The minimum Gasteiger partial charge on any atom is -0.369 e. The highest BCUT2D eigenvalue weighted by molar-refractivity contribution is 5.41. The summed E-state index contributed by atoms with van der Waals surface area (Å²) in [5, 5.41) is 7.83. The van der Waals surface area contributed by atoms with E-state index in [0.717, 1.165) is 31.1 Å². The van der Waals surface area contributed by atoms with Crippen molar-refractivity contribution in [1.29, 1.82) is 0 Å². The Bertz CT molecular complexity index is 841. The zero-order valence-corrected chi connectivity index (χ0v) is 14.5. The molecule has 2 aromatic heterocycles. The molecule has 1 fully saturated rings. The molecular formula is C18H22N6O. The van der Waals surface area contributed by atoms with E-state index in [0.29, 0.717) is 0 Å². The molecule has 1 aliphatic heterocycles. The van der Waals surface area contributed by atoms with Crippen molar-refractivity contribution in [2.75, 3.05) is 6.61 Å². The number of hydrogen-bond donors (Lipinski definition) is 1. The van der Waals surface area contributed by atoms with Crippen molar-refractivity contribution in [3.63, 3.8) is 0 Å². The Morgan fingerprint density at radius 3 is 3.00 bits per heavy atom. The molecular weight excluding hydrogens is 316 g/mol. The van der Waals surface area contributed by atoms with Gasteiger partial charge in [-0.1, -0.05) is 12.1 Å². The van der Waals surface area contributed by atoms with Gasteiger partial charge in [0.2, 0.25) is 0 Å². The first-order valence-corrected chi connectivity index (χ1v) is 8.49. The van der Waals surface area contributed by atoms with Gasteiger partial charge in [-0.25, -0.2) is 14.6 Å². The van der Waals surface area contributed by atoms with Gasteiger partial charge >= 0.3 is 0 Å². The largest absolute Gasteiger partial charge is 0.369 e. The molecule has 0 saturated carbocycles. The number of ether oxygens (including phenoxy) is 1. The van der Waals surface area contributed by atoms with Crippen molar-refractivity contribution >= 4 is 0 Å². The van der Waals surface area contributed by atoms with Crippen molar-refractivity contribution in [1.82, 2.24) is 29.6 Å². The molecule has 0 amide bonds. The van der Waals surface area contributed by atoms with Gasteiger partial charge in [-0.2, -0.15) is 5.10 Å². The fourth-order valence-corrected chi connectivity index (χ4v) is 3.37. The zero-order chi connectivity index (χ0) is 17.2. The van der Waals surface area contributed by atoms with Crippen molar-refractivity contribution in [3.8, 4) is 5.69 Å². The van der Waals surface area contributed by atoms with E-state index in [4.69, 9.17) is 4.74 Å². The van der Waals surface area contributed by atoms with Crippen molar-refractivity contribution in [3.05, 3.63) is 60.2 Å². The number of aromatic nitrogens is 5. The fraction of sp³-hybridized carbons (Fsp3) is 0.389. The lowest BCUT2D eigenvalue weighted by Gasteiger charge is -2.20. The Kier molecular flexibility index (Phi) is 4.33. The number of aryl methyl sites for hydroxylation is 2. The first kappa shape index (κ1) is 16.0. The molecule has 4 rings (SSSR count). The lowest BCUT2D eigenvalue weighted by Crippen LogP contribution is -2.32. The minimum absolute atomic E-state index is 0.00974. The molecule has 0 unspecified atom stereocenters. The number of nitrogens with one attached hydrogen (secondary N) is 1. The van der Waals surface area contributed by atoms with Gasteiger partial charge in [0.15, 0.2) is 0 Å². The Morgan fingerprint density at radius 2 is 2.28 bits per heavy atom. The summed E-state index contributed by atoms with van der Waals surface area (Å²) < 4.78 is 9.72. The SMILES string of the molecule is Cc1cc(CN[C@H]2CCO[C@@H]2c2nccn2C)ccc1-n1cncn1. The molecule has 1 aliphatic rings. The molecule has 3 heterocycles. The number of imidazole rings is 1. The van der Waals surface area contributed by atoms with Crippen LogP contribution in [-0.4, -0.2) is 37.0 Å². The number of rotatable bonds is 5. The van der Waals surface area contributed by atoms with Gasteiger partial charge in [0.05, 0.1) is 5.69 Å². The Hall–Kier alpha value is -2.51. The summed E-state index contributed by atoms with van der Waals surface area (Å²) in [5.41, 5.74) is 3.47. The van der Waals surface area contributed by atoms with Crippen LogP contribution in [0.5, 0.6) is 0 Å². The maximum Gasteiger partial charge on any atom is 0.139 e. The van der Waals surface area contributed by atoms with Crippen molar-refractivity contribution in [2.24, 2.45) is 7.05 Å². The second-order valence-corrected chi connectivity index (χ2v) is 6.42. The van der Waals surface area contributed by atoms with Crippen LogP contribution in [0.3, 0.4) is 0 Å². The molecule has 2 atom stereocenters. The van der Waals surface area contributed by atoms with Gasteiger partial charge < -0.3 is 14.6 Å². The third-order valence-corrected chi connectivity index (χ3v) is 4.70. The summed E-state index contributed by atoms with van der Waals surface area (Å²) in [6.07, 6.45) is 8.05. The van der Waals surface area contributed by atoms with E-state index in [9.17, 15) is 0 Å².